The predicted octanol–water partition coefficient (Wildman–Crippen LogP) is 2.41. The molecule has 0 atom stereocenters. The van der Waals surface area contributed by atoms with Crippen LogP contribution < -0.4 is 16.6 Å². The second-order valence-corrected chi connectivity index (χ2v) is 7.16. The molecule has 0 spiro atoms. The minimum absolute atomic E-state index is 0.0422. The molecular weight excluding hydrogens is 415 g/mol. The summed E-state index contributed by atoms with van der Waals surface area (Å²) < 4.78 is 20.7. The molecule has 0 radical (unpaired) electrons. The molecule has 0 aliphatic carbocycles. The Morgan fingerprint density at radius 1 is 1.09 bits per heavy atom. The number of carbonyl (C=O) groups is 1. The number of hydrogen-bond donors (Lipinski definition) is 1. The van der Waals surface area contributed by atoms with Crippen molar-refractivity contribution in [3.05, 3.63) is 116 Å². The van der Waals surface area contributed by atoms with Crippen LogP contribution in [0.15, 0.2) is 80.9 Å². The average Bonchev–Trinajstić information content (AvgIpc) is 3.30. The molecule has 0 bridgehead atoms. The maximum Gasteiger partial charge on any atom is 0.352 e. The molecule has 2 heterocycles. The van der Waals surface area contributed by atoms with Gasteiger partial charge in [-0.2, -0.15) is 9.78 Å². The van der Waals surface area contributed by atoms with E-state index in [1.54, 1.807) is 42.5 Å². The summed E-state index contributed by atoms with van der Waals surface area (Å²) in [5.41, 5.74) is -0.342. The Bertz CT molecular complexity index is 1370. The summed E-state index contributed by atoms with van der Waals surface area (Å²) in [6.07, 6.45) is 1.46. The lowest BCUT2D eigenvalue weighted by atomic mass is 10.2. The summed E-state index contributed by atoms with van der Waals surface area (Å²) in [4.78, 5) is 38.9. The molecule has 4 aromatic rings. The monoisotopic (exact) mass is 434 g/mol. The van der Waals surface area contributed by atoms with Crippen molar-refractivity contribution in [3.63, 3.8) is 0 Å². The van der Waals surface area contributed by atoms with Crippen LogP contribution in [0.4, 0.5) is 4.39 Å². The molecule has 9 heteroatoms. The first-order valence-corrected chi connectivity index (χ1v) is 9.78. The van der Waals surface area contributed by atoms with Crippen molar-refractivity contribution in [2.75, 3.05) is 0 Å². The number of aryl methyl sites for hydroxylation is 1. The third-order valence-electron chi connectivity index (χ3n) is 4.79. The van der Waals surface area contributed by atoms with E-state index >= 15 is 0 Å². The SMILES string of the molecule is Cc1ccc(-n2nc(C(=O)NCc3ccco3)c(=O)n(Cc3cccc(F)c3)c2=O)cc1. The maximum absolute atomic E-state index is 13.6. The zero-order valence-corrected chi connectivity index (χ0v) is 17.1. The van der Waals surface area contributed by atoms with Crippen molar-refractivity contribution in [2.24, 2.45) is 0 Å². The molecule has 0 aliphatic rings. The van der Waals surface area contributed by atoms with Gasteiger partial charge < -0.3 is 9.73 Å². The van der Waals surface area contributed by atoms with Crippen LogP contribution >= 0.6 is 0 Å². The van der Waals surface area contributed by atoms with Gasteiger partial charge in [0.2, 0.25) is 5.69 Å². The molecule has 2 aromatic heterocycles. The fourth-order valence-electron chi connectivity index (χ4n) is 3.13. The van der Waals surface area contributed by atoms with Crippen molar-refractivity contribution in [2.45, 2.75) is 20.0 Å². The quantitative estimate of drug-likeness (QED) is 0.503. The molecule has 8 nitrogen and oxygen atoms in total. The van der Waals surface area contributed by atoms with E-state index in [-0.39, 0.29) is 13.1 Å². The van der Waals surface area contributed by atoms with E-state index < -0.39 is 28.7 Å². The van der Waals surface area contributed by atoms with Crippen LogP contribution in [-0.4, -0.2) is 20.3 Å². The fraction of sp³-hybridized carbons (Fsp3) is 0.130. The van der Waals surface area contributed by atoms with Crippen molar-refractivity contribution in [1.29, 1.82) is 0 Å². The van der Waals surface area contributed by atoms with Gasteiger partial charge in [-0.25, -0.2) is 9.18 Å². The summed E-state index contributed by atoms with van der Waals surface area (Å²) in [5, 5.41) is 6.61. The first kappa shape index (κ1) is 21.0. The van der Waals surface area contributed by atoms with Crippen LogP contribution in [0.2, 0.25) is 0 Å². The standard InChI is InChI=1S/C23H19FN4O4/c1-15-7-9-18(10-8-15)28-23(31)27(14-16-4-2-5-17(24)12-16)22(30)20(26-28)21(29)25-13-19-6-3-11-32-19/h2-12H,13-14H2,1H3,(H,25,29). The average molecular weight is 434 g/mol. The van der Waals surface area contributed by atoms with Gasteiger partial charge in [0.1, 0.15) is 11.6 Å². The Hall–Kier alpha value is -4.27. The summed E-state index contributed by atoms with van der Waals surface area (Å²) in [6, 6.07) is 15.8. The van der Waals surface area contributed by atoms with Crippen LogP contribution in [-0.2, 0) is 13.1 Å². The fourth-order valence-corrected chi connectivity index (χ4v) is 3.13. The number of aromatic nitrogens is 3. The molecule has 0 unspecified atom stereocenters. The molecule has 1 amide bonds. The lowest BCUT2D eigenvalue weighted by Crippen LogP contribution is -2.46. The number of nitrogens with zero attached hydrogens (tertiary/aromatic N) is 3. The summed E-state index contributed by atoms with van der Waals surface area (Å²) in [6.45, 7) is 1.71. The molecule has 0 saturated carbocycles. The largest absolute Gasteiger partial charge is 0.467 e. The van der Waals surface area contributed by atoms with E-state index in [4.69, 9.17) is 4.42 Å². The molecule has 0 aliphatic heterocycles. The van der Waals surface area contributed by atoms with E-state index in [0.29, 0.717) is 17.0 Å². The third-order valence-corrected chi connectivity index (χ3v) is 4.79. The zero-order chi connectivity index (χ0) is 22.7. The normalized spacial score (nSPS) is 10.8. The Kier molecular flexibility index (Phi) is 5.80. The zero-order valence-electron chi connectivity index (χ0n) is 17.1. The lowest BCUT2D eigenvalue weighted by molar-refractivity contribution is 0.0938. The van der Waals surface area contributed by atoms with Crippen molar-refractivity contribution in [3.8, 4) is 5.69 Å². The highest BCUT2D eigenvalue weighted by Crippen LogP contribution is 2.07. The number of amides is 1. The lowest BCUT2D eigenvalue weighted by Gasteiger charge is -2.12. The van der Waals surface area contributed by atoms with Crippen molar-refractivity contribution >= 4 is 5.91 Å². The number of carbonyl (C=O) groups excluding carboxylic acids is 1. The Labute approximate surface area is 181 Å². The van der Waals surface area contributed by atoms with E-state index in [9.17, 15) is 18.8 Å². The highest BCUT2D eigenvalue weighted by atomic mass is 19.1. The number of benzene rings is 2. The van der Waals surface area contributed by atoms with Gasteiger partial charge in [0.15, 0.2) is 0 Å². The van der Waals surface area contributed by atoms with Gasteiger partial charge in [0, 0.05) is 0 Å². The van der Waals surface area contributed by atoms with Gasteiger partial charge in [-0.15, -0.1) is 0 Å². The smallest absolute Gasteiger partial charge is 0.352 e. The first-order valence-electron chi connectivity index (χ1n) is 9.78. The van der Waals surface area contributed by atoms with E-state index in [1.807, 2.05) is 6.92 Å². The molecule has 1 N–H and O–H groups in total. The van der Waals surface area contributed by atoms with Crippen LogP contribution in [0.25, 0.3) is 5.69 Å². The summed E-state index contributed by atoms with van der Waals surface area (Å²) >= 11 is 0. The molecule has 4 rings (SSSR count). The first-order chi connectivity index (χ1) is 15.4. The molecule has 0 fully saturated rings. The number of rotatable bonds is 6. The maximum atomic E-state index is 13.6. The number of halogens is 1. The van der Waals surface area contributed by atoms with Crippen LogP contribution in [0.5, 0.6) is 0 Å². The van der Waals surface area contributed by atoms with Gasteiger partial charge in [0.25, 0.3) is 11.5 Å². The minimum atomic E-state index is -0.875. The number of furan rings is 1. The number of hydrogen-bond acceptors (Lipinski definition) is 5. The molecule has 162 valence electrons. The highest BCUT2D eigenvalue weighted by Gasteiger charge is 2.20. The van der Waals surface area contributed by atoms with Gasteiger partial charge in [-0.3, -0.25) is 14.2 Å². The second kappa shape index (κ2) is 8.84. The van der Waals surface area contributed by atoms with Crippen LogP contribution in [0, 0.1) is 12.7 Å². The Balaban J connectivity index is 1.80. The van der Waals surface area contributed by atoms with Crippen LogP contribution in [0.3, 0.4) is 0 Å². The van der Waals surface area contributed by atoms with Gasteiger partial charge >= 0.3 is 5.69 Å². The molecule has 32 heavy (non-hydrogen) atoms. The van der Waals surface area contributed by atoms with Crippen molar-refractivity contribution in [1.82, 2.24) is 19.7 Å². The topological polar surface area (TPSA) is 99.1 Å². The Morgan fingerprint density at radius 2 is 1.88 bits per heavy atom. The third kappa shape index (κ3) is 4.41. The van der Waals surface area contributed by atoms with Crippen molar-refractivity contribution < 1.29 is 13.6 Å². The molecule has 2 aromatic carbocycles. The van der Waals surface area contributed by atoms with E-state index in [2.05, 4.69) is 10.4 Å². The number of nitrogens with one attached hydrogen (secondary N) is 1. The van der Waals surface area contributed by atoms with Crippen LogP contribution in [0.1, 0.15) is 27.4 Å². The second-order valence-electron chi connectivity index (χ2n) is 7.16. The predicted molar refractivity (Wildman–Crippen MR) is 114 cm³/mol. The minimum Gasteiger partial charge on any atom is -0.467 e. The summed E-state index contributed by atoms with van der Waals surface area (Å²) in [5.74, 6) is -0.773. The highest BCUT2D eigenvalue weighted by molar-refractivity contribution is 5.91. The molecular formula is C23H19FN4O4. The van der Waals surface area contributed by atoms with Gasteiger partial charge in [-0.1, -0.05) is 29.8 Å². The van der Waals surface area contributed by atoms with E-state index in [1.165, 1.54) is 24.5 Å². The molecule has 0 saturated heterocycles. The van der Waals surface area contributed by atoms with Gasteiger partial charge in [0.05, 0.1) is 25.0 Å². The van der Waals surface area contributed by atoms with E-state index in [0.717, 1.165) is 14.8 Å². The Morgan fingerprint density at radius 3 is 2.56 bits per heavy atom. The summed E-state index contributed by atoms with van der Waals surface area (Å²) in [7, 11) is 0. The van der Waals surface area contributed by atoms with Gasteiger partial charge in [-0.05, 0) is 48.9 Å².